The minimum absolute atomic E-state index is 0.284. The average Bonchev–Trinajstić information content (AvgIpc) is 2.99. The van der Waals surface area contributed by atoms with Crippen LogP contribution < -0.4 is 0 Å². The van der Waals surface area contributed by atoms with Crippen molar-refractivity contribution in [3.8, 4) is 11.5 Å². The highest BCUT2D eigenvalue weighted by Gasteiger charge is 2.09. The third kappa shape index (κ3) is 16.7. The van der Waals surface area contributed by atoms with Gasteiger partial charge in [-0.2, -0.15) is 5.26 Å². The Labute approximate surface area is 248 Å². The number of phenolic OH excluding ortho intramolecular Hbond substituents is 2. The molecule has 0 amide bonds. The molecular formula is C36H54O5. The van der Waals surface area contributed by atoms with Crippen molar-refractivity contribution in [3.05, 3.63) is 71.8 Å². The molecule has 2 aromatic carbocycles. The monoisotopic (exact) mass is 566 g/mol. The third-order valence-electron chi connectivity index (χ3n) is 7.25. The zero-order chi connectivity index (χ0) is 30.1. The van der Waals surface area contributed by atoms with Crippen molar-refractivity contribution in [2.45, 2.75) is 124 Å². The number of carbonyl (C=O) groups is 1. The van der Waals surface area contributed by atoms with Gasteiger partial charge in [0.25, 0.3) is 0 Å². The van der Waals surface area contributed by atoms with Crippen LogP contribution in [0.2, 0.25) is 0 Å². The molecule has 3 N–H and O–H groups in total. The lowest BCUT2D eigenvalue weighted by molar-refractivity contribution is -0.234. The summed E-state index contributed by atoms with van der Waals surface area (Å²) in [4.78, 5) is 14.3. The van der Waals surface area contributed by atoms with Crippen molar-refractivity contribution in [2.24, 2.45) is 0 Å². The summed E-state index contributed by atoms with van der Waals surface area (Å²) in [5.74, 6) is 0.0476. The molecule has 0 bridgehead atoms. The molecule has 0 aliphatic heterocycles. The van der Waals surface area contributed by atoms with Crippen LogP contribution >= 0.6 is 0 Å². The number of hydrogen-bond acceptors (Lipinski definition) is 5. The largest absolute Gasteiger partial charge is 0.508 e. The molecule has 2 aromatic rings. The zero-order valence-corrected chi connectivity index (χ0v) is 25.7. The highest BCUT2D eigenvalue weighted by atomic mass is 17.1. The van der Waals surface area contributed by atoms with Crippen LogP contribution in [0.15, 0.2) is 60.7 Å². The first-order valence-electron chi connectivity index (χ1n) is 15.8. The Morgan fingerprint density at radius 1 is 0.610 bits per heavy atom. The van der Waals surface area contributed by atoms with Crippen molar-refractivity contribution < 1.29 is 25.2 Å². The molecule has 0 atom stereocenters. The molecule has 0 aliphatic carbocycles. The fourth-order valence-corrected chi connectivity index (χ4v) is 4.89. The summed E-state index contributed by atoms with van der Waals surface area (Å²) in [6, 6.07) is 14.7. The predicted octanol–water partition coefficient (Wildman–Crippen LogP) is 10.9. The van der Waals surface area contributed by atoms with E-state index in [4.69, 9.17) is 5.26 Å². The Hall–Kier alpha value is -3.05. The first kappa shape index (κ1) is 36.0. The van der Waals surface area contributed by atoms with E-state index in [2.05, 4.69) is 37.8 Å². The lowest BCUT2D eigenvalue weighted by Crippen LogP contribution is -1.99. The fourth-order valence-electron chi connectivity index (χ4n) is 4.89. The molecule has 2 rings (SSSR count). The summed E-state index contributed by atoms with van der Waals surface area (Å²) >= 11 is 0. The minimum Gasteiger partial charge on any atom is -0.508 e. The van der Waals surface area contributed by atoms with Gasteiger partial charge in [-0.25, -0.2) is 4.79 Å². The van der Waals surface area contributed by atoms with E-state index in [-0.39, 0.29) is 11.5 Å². The summed E-state index contributed by atoms with van der Waals surface area (Å²) in [5, 5.41) is 26.9. The first-order valence-corrected chi connectivity index (χ1v) is 15.8. The smallest absolute Gasteiger partial charge is 0.342 e. The Balaban J connectivity index is 0.000000410. The van der Waals surface area contributed by atoms with Crippen LogP contribution in [0.1, 0.15) is 135 Å². The highest BCUT2D eigenvalue weighted by Crippen LogP contribution is 2.32. The van der Waals surface area contributed by atoms with Gasteiger partial charge in [0.2, 0.25) is 0 Å². The van der Waals surface area contributed by atoms with Gasteiger partial charge in [0.1, 0.15) is 11.5 Å². The summed E-state index contributed by atoms with van der Waals surface area (Å²) in [7, 11) is 0. The number of unbranched alkanes of at least 4 members (excludes halogenated alkanes) is 11. The molecule has 0 radical (unpaired) electrons. The molecule has 5 heteroatoms. The van der Waals surface area contributed by atoms with Gasteiger partial charge in [0, 0.05) is 6.42 Å². The third-order valence-corrected chi connectivity index (χ3v) is 7.25. The lowest BCUT2D eigenvalue weighted by atomic mass is 9.91. The minimum atomic E-state index is -0.521. The van der Waals surface area contributed by atoms with Crippen molar-refractivity contribution in [1.82, 2.24) is 0 Å². The Morgan fingerprint density at radius 2 is 1.00 bits per heavy atom. The molecule has 5 nitrogen and oxygen atoms in total. The number of benzene rings is 2. The van der Waals surface area contributed by atoms with Crippen molar-refractivity contribution in [1.29, 1.82) is 0 Å². The Morgan fingerprint density at radius 3 is 1.39 bits per heavy atom. The van der Waals surface area contributed by atoms with E-state index >= 15 is 0 Å². The maximum absolute atomic E-state index is 10.7. The second-order valence-corrected chi connectivity index (χ2v) is 10.6. The normalized spacial score (nSPS) is 11.6. The van der Waals surface area contributed by atoms with Crippen molar-refractivity contribution in [2.75, 3.05) is 0 Å². The molecule has 0 heterocycles. The molecule has 0 saturated carbocycles. The zero-order valence-electron chi connectivity index (χ0n) is 25.7. The van der Waals surface area contributed by atoms with Gasteiger partial charge in [-0.15, -0.1) is 0 Å². The Bertz CT molecular complexity index is 934. The van der Waals surface area contributed by atoms with Gasteiger partial charge in [0.15, 0.2) is 0 Å². The highest BCUT2D eigenvalue weighted by molar-refractivity contribution is 5.90. The number of hydrogen-bond donors (Lipinski definition) is 3. The molecule has 0 spiro atoms. The maximum Gasteiger partial charge on any atom is 0.342 e. The number of carbonyl (C=O) groups excluding carboxylic acids is 1. The predicted molar refractivity (Wildman–Crippen MR) is 172 cm³/mol. The van der Waals surface area contributed by atoms with Gasteiger partial charge in [0.05, 0.1) is 0 Å². The Kier molecular flexibility index (Phi) is 20.7. The molecular weight excluding hydrogens is 512 g/mol. The maximum atomic E-state index is 10.7. The van der Waals surface area contributed by atoms with Crippen LogP contribution in [0.25, 0.3) is 11.1 Å². The van der Waals surface area contributed by atoms with Crippen molar-refractivity contribution in [3.63, 3.8) is 0 Å². The number of allylic oxidation sites excluding steroid dienone is 4. The van der Waals surface area contributed by atoms with E-state index in [1.54, 1.807) is 24.3 Å². The van der Waals surface area contributed by atoms with Gasteiger partial charge < -0.3 is 15.1 Å². The summed E-state index contributed by atoms with van der Waals surface area (Å²) in [5.41, 5.74) is 4.82. The van der Waals surface area contributed by atoms with Gasteiger partial charge in [-0.1, -0.05) is 109 Å². The summed E-state index contributed by atoms with van der Waals surface area (Å²) < 4.78 is 0. The quantitative estimate of drug-likeness (QED) is 0.0517. The van der Waals surface area contributed by atoms with Crippen LogP contribution in [0.5, 0.6) is 11.5 Å². The van der Waals surface area contributed by atoms with E-state index < -0.39 is 5.97 Å². The average molecular weight is 567 g/mol. The van der Waals surface area contributed by atoms with E-state index in [1.807, 2.05) is 24.3 Å². The van der Waals surface area contributed by atoms with Gasteiger partial charge >= 0.3 is 5.97 Å². The van der Waals surface area contributed by atoms with Crippen LogP contribution in [0, 0.1) is 0 Å². The molecule has 0 unspecified atom stereocenters. The number of rotatable bonds is 19. The van der Waals surface area contributed by atoms with E-state index in [1.165, 1.54) is 75.4 Å². The standard InChI is InChI=1S/C18H34O3.C18H20O2/c1-2-3-4-5-6-7-8-9-10-11-12-13-14-15-16-17-18(19)21-20;1-3-17(13-5-9-15(19)10-6-13)18(4-2)14-7-11-16(20)12-8-14/h9-10,20H,2-8,11-17H2,1H3;5-12,19-20H,3-4H2,1-2H3/b10-9-;18-17+. The fraction of sp³-hybridized carbons (Fsp3) is 0.528. The molecule has 228 valence electrons. The first-order chi connectivity index (χ1) is 20.0. The second kappa shape index (κ2) is 23.6. The van der Waals surface area contributed by atoms with Crippen LogP contribution in [0.3, 0.4) is 0 Å². The number of phenols is 2. The summed E-state index contributed by atoms with van der Waals surface area (Å²) in [6.45, 7) is 6.53. The van der Waals surface area contributed by atoms with Crippen LogP contribution in [0.4, 0.5) is 0 Å². The van der Waals surface area contributed by atoms with Crippen LogP contribution in [-0.2, 0) is 9.68 Å². The summed E-state index contributed by atoms with van der Waals surface area (Å²) in [6.07, 6.45) is 22.9. The second-order valence-electron chi connectivity index (χ2n) is 10.6. The number of aromatic hydroxyl groups is 2. The molecule has 41 heavy (non-hydrogen) atoms. The van der Waals surface area contributed by atoms with E-state index in [0.29, 0.717) is 6.42 Å². The van der Waals surface area contributed by atoms with Crippen molar-refractivity contribution >= 4 is 17.1 Å². The topological polar surface area (TPSA) is 87.0 Å². The van der Waals surface area contributed by atoms with Gasteiger partial charge in [-0.3, -0.25) is 0 Å². The molecule has 0 saturated heterocycles. The molecule has 0 aromatic heterocycles. The van der Waals surface area contributed by atoms with E-state index in [9.17, 15) is 15.0 Å². The van der Waals surface area contributed by atoms with E-state index in [0.717, 1.165) is 43.2 Å². The molecule has 0 aliphatic rings. The SMILES string of the molecule is CC/C(=C(/CC)c1ccc(O)cc1)c1ccc(O)cc1.CCCCCCCC/C=C\CCCCCCCC(=O)OO. The lowest BCUT2D eigenvalue weighted by Gasteiger charge is -2.14. The molecule has 0 fully saturated rings. The van der Waals surface area contributed by atoms with Gasteiger partial charge in [-0.05, 0) is 91.5 Å². The van der Waals surface area contributed by atoms with Crippen LogP contribution in [-0.4, -0.2) is 21.4 Å².